The van der Waals surface area contributed by atoms with Gasteiger partial charge in [0.2, 0.25) is 0 Å². The van der Waals surface area contributed by atoms with E-state index < -0.39 is 42.2 Å². The van der Waals surface area contributed by atoms with Crippen LogP contribution in [0.4, 0.5) is 0 Å². The molecule has 1 aliphatic rings. The van der Waals surface area contributed by atoms with Crippen LogP contribution in [0.2, 0.25) is 0 Å². The Morgan fingerprint density at radius 1 is 1.32 bits per heavy atom. The Balaban J connectivity index is 1.92. The number of ether oxygens (including phenoxy) is 3. The predicted molar refractivity (Wildman–Crippen MR) is 90.3 cm³/mol. The third kappa shape index (κ3) is 3.92. The first kappa shape index (κ1) is 19.6. The molecule has 0 spiro atoms. The summed E-state index contributed by atoms with van der Waals surface area (Å²) in [6, 6.07) is 0. The second-order valence-electron chi connectivity index (χ2n) is 6.21. The van der Waals surface area contributed by atoms with Crippen LogP contribution >= 0.6 is 0 Å². The molecule has 1 N–H and O–H groups in total. The summed E-state index contributed by atoms with van der Waals surface area (Å²) < 4.78 is 18.1. The average molecular weight is 393 g/mol. The zero-order chi connectivity index (χ0) is 20.4. The average Bonchev–Trinajstić information content (AvgIpc) is 3.24. The molecule has 12 nitrogen and oxygen atoms in total. The number of carbonyl (C=O) groups is 2. The van der Waals surface area contributed by atoms with Gasteiger partial charge in [0.1, 0.15) is 31.5 Å². The minimum Gasteiger partial charge on any atom is -0.463 e. The first-order chi connectivity index (χ1) is 13.3. The summed E-state index contributed by atoms with van der Waals surface area (Å²) in [5, 5.41) is 14.5. The molecule has 0 radical (unpaired) electrons. The maximum atomic E-state index is 12.5. The van der Waals surface area contributed by atoms with Crippen molar-refractivity contribution >= 4 is 11.9 Å². The van der Waals surface area contributed by atoms with Crippen molar-refractivity contribution in [3.8, 4) is 5.82 Å². The van der Waals surface area contributed by atoms with Gasteiger partial charge in [-0.2, -0.15) is 10.1 Å². The Hall–Kier alpha value is -3.12. The van der Waals surface area contributed by atoms with Gasteiger partial charge in [0.15, 0.2) is 18.1 Å². The van der Waals surface area contributed by atoms with Gasteiger partial charge in [0.25, 0.3) is 0 Å². The third-order valence-corrected chi connectivity index (χ3v) is 4.08. The third-order valence-electron chi connectivity index (χ3n) is 4.08. The van der Waals surface area contributed by atoms with E-state index in [2.05, 4.69) is 15.1 Å². The lowest BCUT2D eigenvalue weighted by Gasteiger charge is -2.20. The molecule has 1 saturated heterocycles. The zero-order valence-electron chi connectivity index (χ0n) is 15.4. The summed E-state index contributed by atoms with van der Waals surface area (Å²) in [6.45, 7) is 3.83. The number of hydrogen-bond donors (Lipinski definition) is 1. The van der Waals surface area contributed by atoms with Gasteiger partial charge in [0.05, 0.1) is 0 Å². The van der Waals surface area contributed by atoms with Crippen molar-refractivity contribution in [2.75, 3.05) is 6.61 Å². The van der Waals surface area contributed by atoms with Crippen molar-refractivity contribution in [2.45, 2.75) is 45.3 Å². The normalized spacial score (nSPS) is 24.1. The molecular formula is C16H19N5O7. The smallest absolute Gasteiger partial charge is 0.351 e. The van der Waals surface area contributed by atoms with Gasteiger partial charge in [-0.25, -0.2) is 14.5 Å². The first-order valence-electron chi connectivity index (χ1n) is 8.37. The van der Waals surface area contributed by atoms with Crippen molar-refractivity contribution in [3.05, 3.63) is 34.9 Å². The van der Waals surface area contributed by atoms with Crippen LogP contribution in [-0.4, -0.2) is 66.3 Å². The number of nitrogens with zero attached hydrogens (tertiary/aromatic N) is 5. The molecule has 0 aliphatic carbocycles. The Bertz CT molecular complexity index is 926. The number of esters is 2. The number of hydrogen-bond acceptors (Lipinski definition) is 10. The molecule has 1 fully saturated rings. The van der Waals surface area contributed by atoms with Gasteiger partial charge in [-0.3, -0.25) is 14.2 Å². The Morgan fingerprint density at radius 3 is 2.68 bits per heavy atom. The maximum Gasteiger partial charge on any atom is 0.351 e. The van der Waals surface area contributed by atoms with E-state index in [1.54, 1.807) is 6.92 Å². The Kier molecular flexibility index (Phi) is 5.51. The highest BCUT2D eigenvalue weighted by Crippen LogP contribution is 2.31. The molecular weight excluding hydrogens is 374 g/mol. The second kappa shape index (κ2) is 7.86. The van der Waals surface area contributed by atoms with E-state index >= 15 is 0 Å². The van der Waals surface area contributed by atoms with Gasteiger partial charge in [-0.05, 0) is 6.92 Å². The lowest BCUT2D eigenvalue weighted by molar-refractivity contribution is -0.157. The summed E-state index contributed by atoms with van der Waals surface area (Å²) in [7, 11) is 0. The van der Waals surface area contributed by atoms with Crippen molar-refractivity contribution in [3.63, 3.8) is 0 Å². The second-order valence-corrected chi connectivity index (χ2v) is 6.21. The number of rotatable bonds is 5. The Labute approximate surface area is 158 Å². The summed E-state index contributed by atoms with van der Waals surface area (Å²) in [4.78, 5) is 42.8. The molecule has 0 bridgehead atoms. The van der Waals surface area contributed by atoms with Crippen molar-refractivity contribution < 1.29 is 28.9 Å². The van der Waals surface area contributed by atoms with E-state index in [1.165, 1.54) is 37.4 Å². The molecule has 2 aromatic rings. The van der Waals surface area contributed by atoms with Gasteiger partial charge in [0, 0.05) is 25.6 Å². The standard InChI is InChI=1S/C16H19N5O7/c1-8-4-20(16(25)19-14(8)21-7-17-6-18-21)15-12(24)13(27-10(3)23)11(28-15)5-26-9(2)22/h4,6-7,11-13,15,24H,5H2,1-3H3/t11-,12-,13-,15-/m1/s1. The van der Waals surface area contributed by atoms with Gasteiger partial charge >= 0.3 is 17.6 Å². The minimum atomic E-state index is -1.37. The quantitative estimate of drug-likeness (QED) is 0.620. The highest BCUT2D eigenvalue weighted by Gasteiger charge is 2.48. The molecule has 0 saturated carbocycles. The highest BCUT2D eigenvalue weighted by atomic mass is 16.6. The van der Waals surface area contributed by atoms with E-state index in [1.807, 2.05) is 0 Å². The van der Waals surface area contributed by atoms with Crippen LogP contribution in [0.15, 0.2) is 23.6 Å². The fourth-order valence-corrected chi connectivity index (χ4v) is 2.91. The minimum absolute atomic E-state index is 0.251. The fourth-order valence-electron chi connectivity index (χ4n) is 2.91. The number of carbonyl (C=O) groups excluding carboxylic acids is 2. The molecule has 12 heteroatoms. The predicted octanol–water partition coefficient (Wildman–Crippen LogP) is -1.11. The molecule has 3 heterocycles. The van der Waals surface area contributed by atoms with Gasteiger partial charge in [-0.1, -0.05) is 0 Å². The number of aryl methyl sites for hydroxylation is 1. The van der Waals surface area contributed by atoms with E-state index in [9.17, 15) is 19.5 Å². The molecule has 150 valence electrons. The Morgan fingerprint density at radius 2 is 2.07 bits per heavy atom. The van der Waals surface area contributed by atoms with Crippen LogP contribution in [0.1, 0.15) is 25.6 Å². The van der Waals surface area contributed by atoms with E-state index in [-0.39, 0.29) is 12.4 Å². The fraction of sp³-hybridized carbons (Fsp3) is 0.500. The largest absolute Gasteiger partial charge is 0.463 e. The van der Waals surface area contributed by atoms with Crippen LogP contribution in [0.5, 0.6) is 0 Å². The van der Waals surface area contributed by atoms with Crippen molar-refractivity contribution in [1.29, 1.82) is 0 Å². The van der Waals surface area contributed by atoms with Crippen LogP contribution in [0.3, 0.4) is 0 Å². The molecule has 0 aromatic carbocycles. The van der Waals surface area contributed by atoms with Crippen molar-refractivity contribution in [2.24, 2.45) is 0 Å². The van der Waals surface area contributed by atoms with Crippen LogP contribution in [0, 0.1) is 6.92 Å². The van der Waals surface area contributed by atoms with Crippen molar-refractivity contribution in [1.82, 2.24) is 24.3 Å². The number of aliphatic hydroxyl groups excluding tert-OH is 1. The lowest BCUT2D eigenvalue weighted by atomic mass is 10.1. The topological polar surface area (TPSA) is 148 Å². The molecule has 28 heavy (non-hydrogen) atoms. The molecule has 0 unspecified atom stereocenters. The van der Waals surface area contributed by atoms with Gasteiger partial charge in [-0.15, -0.1) is 0 Å². The van der Waals surface area contributed by atoms with Crippen LogP contribution in [0.25, 0.3) is 5.82 Å². The molecule has 4 atom stereocenters. The molecule has 1 aliphatic heterocycles. The summed E-state index contributed by atoms with van der Waals surface area (Å²) in [5.41, 5.74) is -0.150. The molecule has 2 aromatic heterocycles. The lowest BCUT2D eigenvalue weighted by Crippen LogP contribution is -2.39. The van der Waals surface area contributed by atoms with E-state index in [0.717, 1.165) is 4.57 Å². The van der Waals surface area contributed by atoms with Gasteiger partial charge < -0.3 is 19.3 Å². The summed E-state index contributed by atoms with van der Waals surface area (Å²) in [6.07, 6.45) is -0.488. The number of aliphatic hydroxyl groups is 1. The van der Waals surface area contributed by atoms with Crippen LogP contribution < -0.4 is 5.69 Å². The monoisotopic (exact) mass is 393 g/mol. The molecule has 0 amide bonds. The summed E-state index contributed by atoms with van der Waals surface area (Å²) in [5.74, 6) is -0.932. The van der Waals surface area contributed by atoms with Crippen LogP contribution in [-0.2, 0) is 23.8 Å². The highest BCUT2D eigenvalue weighted by molar-refractivity contribution is 5.66. The maximum absolute atomic E-state index is 12.5. The van der Waals surface area contributed by atoms with E-state index in [4.69, 9.17) is 14.2 Å². The van der Waals surface area contributed by atoms with E-state index in [0.29, 0.717) is 5.56 Å². The SMILES string of the molecule is CC(=O)OC[C@H]1O[C@@H](n2cc(C)c(-n3cncn3)nc2=O)[C@H](O)[C@@H]1OC(C)=O. The number of aromatic nitrogens is 5. The zero-order valence-corrected chi connectivity index (χ0v) is 15.4. The summed E-state index contributed by atoms with van der Waals surface area (Å²) >= 11 is 0. The first-order valence-corrected chi connectivity index (χ1v) is 8.37. The molecule has 3 rings (SSSR count).